The molecule has 6 heteroatoms. The molecule has 2 amide bonds. The smallest absolute Gasteiger partial charge is 0.410 e. The number of piperidine rings is 1. The zero-order chi connectivity index (χ0) is 18.8. The summed E-state index contributed by atoms with van der Waals surface area (Å²) in [7, 11) is 1.39. The number of ether oxygens (including phenoxy) is 1. The van der Waals surface area contributed by atoms with Gasteiger partial charge in [-0.3, -0.25) is 14.6 Å². The van der Waals surface area contributed by atoms with Crippen molar-refractivity contribution in [3.63, 3.8) is 0 Å². The van der Waals surface area contributed by atoms with Gasteiger partial charge in [-0.05, 0) is 43.2 Å². The minimum Gasteiger partial charge on any atom is -0.453 e. The van der Waals surface area contributed by atoms with Crippen LogP contribution in [0.15, 0.2) is 24.3 Å². The standard InChI is InChI=1S/C21H29N3O3/c1-27-21(26)24-9-5-4-8-19(24)20(25)23-12-10-22(11-13-23)18-14-16-6-2-3-7-17(16)15-18/h2-3,6-7,18-19H,4-5,8-15H2,1H3. The van der Waals surface area contributed by atoms with Crippen molar-refractivity contribution in [1.29, 1.82) is 0 Å². The first kappa shape index (κ1) is 18.3. The summed E-state index contributed by atoms with van der Waals surface area (Å²) in [6, 6.07) is 8.91. The van der Waals surface area contributed by atoms with Crippen molar-refractivity contribution < 1.29 is 14.3 Å². The molecule has 0 saturated carbocycles. The summed E-state index contributed by atoms with van der Waals surface area (Å²) in [6.07, 6.45) is 4.52. The predicted octanol–water partition coefficient (Wildman–Crippen LogP) is 1.92. The van der Waals surface area contributed by atoms with Crippen molar-refractivity contribution >= 4 is 12.0 Å². The number of hydrogen-bond donors (Lipinski definition) is 0. The van der Waals surface area contributed by atoms with Gasteiger partial charge in [0.15, 0.2) is 0 Å². The second-order valence-corrected chi connectivity index (χ2v) is 7.87. The number of nitrogens with zero attached hydrogens (tertiary/aromatic N) is 3. The fraction of sp³-hybridized carbons (Fsp3) is 0.619. The third-order valence-corrected chi connectivity index (χ3v) is 6.37. The minimum atomic E-state index is -0.379. The number of benzene rings is 1. The van der Waals surface area contributed by atoms with Crippen LogP contribution < -0.4 is 0 Å². The lowest BCUT2D eigenvalue weighted by Gasteiger charge is -2.41. The van der Waals surface area contributed by atoms with E-state index in [9.17, 15) is 9.59 Å². The summed E-state index contributed by atoms with van der Waals surface area (Å²) in [6.45, 7) is 3.93. The summed E-state index contributed by atoms with van der Waals surface area (Å²) in [5.41, 5.74) is 2.94. The van der Waals surface area contributed by atoms with Gasteiger partial charge >= 0.3 is 6.09 Å². The maximum absolute atomic E-state index is 13.0. The number of rotatable bonds is 2. The molecule has 27 heavy (non-hydrogen) atoms. The minimum absolute atomic E-state index is 0.0921. The topological polar surface area (TPSA) is 53.1 Å². The predicted molar refractivity (Wildman–Crippen MR) is 103 cm³/mol. The Morgan fingerprint density at radius 3 is 2.26 bits per heavy atom. The van der Waals surface area contributed by atoms with Crippen LogP contribution >= 0.6 is 0 Å². The van der Waals surface area contributed by atoms with Gasteiger partial charge in [-0.1, -0.05) is 24.3 Å². The van der Waals surface area contributed by atoms with Crippen LogP contribution in [0.3, 0.4) is 0 Å². The normalized spacial score (nSPS) is 24.0. The Bertz CT molecular complexity index is 675. The van der Waals surface area contributed by atoms with Crippen LogP contribution in [0.2, 0.25) is 0 Å². The third kappa shape index (κ3) is 3.68. The molecule has 6 nitrogen and oxygen atoms in total. The van der Waals surface area contributed by atoms with Gasteiger partial charge in [-0.15, -0.1) is 0 Å². The van der Waals surface area contributed by atoms with Crippen molar-refractivity contribution in [1.82, 2.24) is 14.7 Å². The molecule has 1 aromatic rings. The molecule has 0 bridgehead atoms. The Kier molecular flexibility index (Phi) is 5.34. The van der Waals surface area contributed by atoms with Crippen LogP contribution in [-0.4, -0.2) is 78.6 Å². The lowest BCUT2D eigenvalue weighted by atomic mass is 10.0. The van der Waals surface area contributed by atoms with Crippen molar-refractivity contribution in [3.05, 3.63) is 35.4 Å². The number of carbonyl (C=O) groups excluding carboxylic acids is 2. The summed E-state index contributed by atoms with van der Waals surface area (Å²) >= 11 is 0. The molecular formula is C21H29N3O3. The number of amides is 2. The van der Waals surface area contributed by atoms with Crippen LogP contribution in [0.25, 0.3) is 0 Å². The molecule has 1 aromatic carbocycles. The van der Waals surface area contributed by atoms with Gasteiger partial charge in [0.25, 0.3) is 0 Å². The first-order chi connectivity index (χ1) is 13.2. The van der Waals surface area contributed by atoms with Crippen LogP contribution in [-0.2, 0) is 22.4 Å². The molecule has 0 spiro atoms. The molecule has 3 aliphatic rings. The van der Waals surface area contributed by atoms with Crippen molar-refractivity contribution in [2.45, 2.75) is 44.2 Å². The number of carbonyl (C=O) groups is 2. The van der Waals surface area contributed by atoms with Crippen LogP contribution in [0.5, 0.6) is 0 Å². The maximum atomic E-state index is 13.0. The van der Waals surface area contributed by atoms with Gasteiger partial charge in [0.05, 0.1) is 7.11 Å². The molecule has 2 fully saturated rings. The van der Waals surface area contributed by atoms with Gasteiger partial charge in [-0.2, -0.15) is 0 Å². The van der Waals surface area contributed by atoms with Crippen LogP contribution in [0.4, 0.5) is 4.79 Å². The average molecular weight is 371 g/mol. The van der Waals surface area contributed by atoms with Gasteiger partial charge in [-0.25, -0.2) is 4.79 Å². The van der Waals surface area contributed by atoms with E-state index >= 15 is 0 Å². The highest BCUT2D eigenvalue weighted by Crippen LogP contribution is 2.27. The maximum Gasteiger partial charge on any atom is 0.410 e. The van der Waals surface area contributed by atoms with Crippen LogP contribution in [0.1, 0.15) is 30.4 Å². The van der Waals surface area contributed by atoms with Gasteiger partial charge in [0, 0.05) is 38.8 Å². The van der Waals surface area contributed by atoms with Crippen LogP contribution in [0, 0.1) is 0 Å². The number of likely N-dealkylation sites (tertiary alicyclic amines) is 1. The van der Waals surface area contributed by atoms with E-state index in [1.807, 2.05) is 4.90 Å². The van der Waals surface area contributed by atoms with Crippen molar-refractivity contribution in [2.75, 3.05) is 39.8 Å². The fourth-order valence-electron chi connectivity index (χ4n) is 4.84. The molecule has 1 atom stereocenters. The van der Waals surface area contributed by atoms with Crippen molar-refractivity contribution in [2.24, 2.45) is 0 Å². The van der Waals surface area contributed by atoms with E-state index in [1.54, 1.807) is 4.90 Å². The third-order valence-electron chi connectivity index (χ3n) is 6.37. The molecule has 2 saturated heterocycles. The Balaban J connectivity index is 1.34. The SMILES string of the molecule is COC(=O)N1CCCCC1C(=O)N1CCN(C2Cc3ccccc3C2)CC1. The largest absolute Gasteiger partial charge is 0.453 e. The zero-order valence-electron chi connectivity index (χ0n) is 16.1. The lowest BCUT2D eigenvalue weighted by molar-refractivity contribution is -0.139. The molecule has 0 N–H and O–H groups in total. The number of piperazine rings is 1. The molecule has 2 aliphatic heterocycles. The Morgan fingerprint density at radius 1 is 0.963 bits per heavy atom. The monoisotopic (exact) mass is 371 g/mol. The summed E-state index contributed by atoms with van der Waals surface area (Å²) in [4.78, 5) is 31.2. The summed E-state index contributed by atoms with van der Waals surface area (Å²) in [5, 5.41) is 0. The number of fused-ring (bicyclic) bond motifs is 1. The molecule has 1 aliphatic carbocycles. The van der Waals surface area contributed by atoms with E-state index in [-0.39, 0.29) is 18.0 Å². The highest BCUT2D eigenvalue weighted by Gasteiger charge is 2.37. The average Bonchev–Trinajstić information content (AvgIpc) is 3.17. The second-order valence-electron chi connectivity index (χ2n) is 7.87. The molecule has 0 radical (unpaired) electrons. The first-order valence-corrected chi connectivity index (χ1v) is 10.1. The van der Waals surface area contributed by atoms with E-state index in [2.05, 4.69) is 29.2 Å². The number of hydrogen-bond acceptors (Lipinski definition) is 4. The van der Waals surface area contributed by atoms with Crippen molar-refractivity contribution in [3.8, 4) is 0 Å². The first-order valence-electron chi connectivity index (χ1n) is 10.1. The molecule has 146 valence electrons. The van der Waals surface area contributed by atoms with Gasteiger partial charge < -0.3 is 9.64 Å². The van der Waals surface area contributed by atoms with E-state index in [1.165, 1.54) is 18.2 Å². The van der Waals surface area contributed by atoms with E-state index in [0.29, 0.717) is 12.6 Å². The Morgan fingerprint density at radius 2 is 1.63 bits per heavy atom. The molecular weight excluding hydrogens is 342 g/mol. The van der Waals surface area contributed by atoms with E-state index in [0.717, 1.165) is 58.3 Å². The van der Waals surface area contributed by atoms with E-state index in [4.69, 9.17) is 4.74 Å². The molecule has 4 rings (SSSR count). The summed E-state index contributed by atoms with van der Waals surface area (Å²) in [5.74, 6) is 0.0921. The lowest BCUT2D eigenvalue weighted by Crippen LogP contribution is -2.58. The highest BCUT2D eigenvalue weighted by molar-refractivity contribution is 5.86. The highest BCUT2D eigenvalue weighted by atomic mass is 16.5. The molecule has 2 heterocycles. The number of methoxy groups -OCH3 is 1. The van der Waals surface area contributed by atoms with Gasteiger partial charge in [0.1, 0.15) is 6.04 Å². The fourth-order valence-corrected chi connectivity index (χ4v) is 4.84. The quantitative estimate of drug-likeness (QED) is 0.797. The second kappa shape index (κ2) is 7.89. The Labute approximate surface area is 161 Å². The van der Waals surface area contributed by atoms with Gasteiger partial charge in [0.2, 0.25) is 5.91 Å². The molecule has 1 unspecified atom stereocenters. The Hall–Kier alpha value is -2.08. The molecule has 0 aromatic heterocycles. The van der Waals surface area contributed by atoms with E-state index < -0.39 is 0 Å². The zero-order valence-corrected chi connectivity index (χ0v) is 16.1. The summed E-state index contributed by atoms with van der Waals surface area (Å²) < 4.78 is 4.88.